The lowest BCUT2D eigenvalue weighted by molar-refractivity contribution is 0.210. The third-order valence-corrected chi connectivity index (χ3v) is 4.90. The molecule has 0 spiro atoms. The van der Waals surface area contributed by atoms with Crippen LogP contribution in [0.25, 0.3) is 11.1 Å². The van der Waals surface area contributed by atoms with Gasteiger partial charge >= 0.3 is 6.09 Å². The molecular formula is C25H28N2O3. The lowest BCUT2D eigenvalue weighted by Crippen LogP contribution is -2.09. The summed E-state index contributed by atoms with van der Waals surface area (Å²) < 4.78 is 5.81. The molecule has 0 saturated carbocycles. The molecule has 0 saturated heterocycles. The standard InChI is InChI=1S/C25H28N2O3/c26-16-15-19-9-12-22(13-10-19)30-17-5-4-6-20-11-14-23(21-7-2-1-3-8-21)24(18-20)27-25(28)29/h1-3,7-14,18,27H,4-6,15-17,26H2,(H,28,29). The van der Waals surface area contributed by atoms with Gasteiger partial charge in [-0.1, -0.05) is 54.6 Å². The van der Waals surface area contributed by atoms with Crippen LogP contribution in [0.5, 0.6) is 5.75 Å². The highest BCUT2D eigenvalue weighted by Crippen LogP contribution is 2.29. The van der Waals surface area contributed by atoms with Crippen LogP contribution in [0.1, 0.15) is 24.0 Å². The second-order valence-electron chi connectivity index (χ2n) is 7.16. The van der Waals surface area contributed by atoms with Crippen LogP contribution in [0.2, 0.25) is 0 Å². The number of amides is 1. The molecule has 4 N–H and O–H groups in total. The Hall–Kier alpha value is -3.31. The zero-order chi connectivity index (χ0) is 21.2. The predicted octanol–water partition coefficient (Wildman–Crippen LogP) is 5.35. The van der Waals surface area contributed by atoms with E-state index in [4.69, 9.17) is 10.5 Å². The highest BCUT2D eigenvalue weighted by Gasteiger charge is 2.09. The fraction of sp³-hybridized carbons (Fsp3) is 0.240. The Bertz CT molecular complexity index is 940. The van der Waals surface area contributed by atoms with Crippen LogP contribution in [0.3, 0.4) is 0 Å². The molecule has 3 rings (SSSR count). The third-order valence-electron chi connectivity index (χ3n) is 4.90. The summed E-state index contributed by atoms with van der Waals surface area (Å²) in [5.74, 6) is 0.871. The summed E-state index contributed by atoms with van der Waals surface area (Å²) in [7, 11) is 0. The number of rotatable bonds is 10. The summed E-state index contributed by atoms with van der Waals surface area (Å²) in [6.07, 6.45) is 2.56. The second-order valence-corrected chi connectivity index (χ2v) is 7.16. The monoisotopic (exact) mass is 404 g/mol. The first-order valence-electron chi connectivity index (χ1n) is 10.3. The third kappa shape index (κ3) is 6.36. The van der Waals surface area contributed by atoms with Gasteiger partial charge in [0.05, 0.1) is 12.3 Å². The minimum Gasteiger partial charge on any atom is -0.494 e. The Balaban J connectivity index is 1.53. The van der Waals surface area contributed by atoms with Crippen molar-refractivity contribution < 1.29 is 14.6 Å². The van der Waals surface area contributed by atoms with Crippen LogP contribution in [0.4, 0.5) is 10.5 Å². The van der Waals surface area contributed by atoms with Crippen LogP contribution >= 0.6 is 0 Å². The van der Waals surface area contributed by atoms with Crippen molar-refractivity contribution in [3.05, 3.63) is 83.9 Å². The van der Waals surface area contributed by atoms with Crippen molar-refractivity contribution in [1.82, 2.24) is 0 Å². The second kappa shape index (κ2) is 11.0. The molecule has 0 heterocycles. The number of unbranched alkanes of at least 4 members (excludes halogenated alkanes) is 1. The van der Waals surface area contributed by atoms with Crippen LogP contribution < -0.4 is 15.8 Å². The molecule has 3 aromatic carbocycles. The van der Waals surface area contributed by atoms with Crippen molar-refractivity contribution in [2.24, 2.45) is 5.73 Å². The summed E-state index contributed by atoms with van der Waals surface area (Å²) in [5, 5.41) is 11.7. The van der Waals surface area contributed by atoms with Gasteiger partial charge in [-0.2, -0.15) is 0 Å². The topological polar surface area (TPSA) is 84.6 Å². The number of hydrogen-bond donors (Lipinski definition) is 3. The number of benzene rings is 3. The summed E-state index contributed by atoms with van der Waals surface area (Å²) in [4.78, 5) is 11.2. The first-order chi connectivity index (χ1) is 14.7. The van der Waals surface area contributed by atoms with Crippen molar-refractivity contribution in [1.29, 1.82) is 0 Å². The van der Waals surface area contributed by atoms with Gasteiger partial charge in [0.15, 0.2) is 0 Å². The molecule has 0 atom stereocenters. The number of hydrogen-bond acceptors (Lipinski definition) is 3. The van der Waals surface area contributed by atoms with Crippen molar-refractivity contribution in [3.8, 4) is 16.9 Å². The molecule has 0 radical (unpaired) electrons. The van der Waals surface area contributed by atoms with Crippen LogP contribution in [-0.4, -0.2) is 24.4 Å². The average Bonchev–Trinajstić information content (AvgIpc) is 2.75. The average molecular weight is 405 g/mol. The summed E-state index contributed by atoms with van der Waals surface area (Å²) in [6.45, 7) is 1.30. The number of carboxylic acid groups (broad SMARTS) is 1. The molecule has 5 heteroatoms. The number of ether oxygens (including phenoxy) is 1. The van der Waals surface area contributed by atoms with Gasteiger partial charge < -0.3 is 15.6 Å². The smallest absolute Gasteiger partial charge is 0.409 e. The molecule has 3 aromatic rings. The summed E-state index contributed by atoms with van der Waals surface area (Å²) in [5.41, 5.74) is 10.4. The summed E-state index contributed by atoms with van der Waals surface area (Å²) >= 11 is 0. The molecule has 0 aliphatic heterocycles. The van der Waals surface area contributed by atoms with E-state index in [1.807, 2.05) is 66.7 Å². The van der Waals surface area contributed by atoms with E-state index in [2.05, 4.69) is 11.4 Å². The first-order valence-corrected chi connectivity index (χ1v) is 10.3. The molecule has 0 aromatic heterocycles. The SMILES string of the molecule is NCCc1ccc(OCCCCc2ccc(-c3ccccc3)c(NC(=O)O)c2)cc1. The number of nitrogens with one attached hydrogen (secondary N) is 1. The van der Waals surface area contributed by atoms with E-state index in [9.17, 15) is 9.90 Å². The van der Waals surface area contributed by atoms with Gasteiger partial charge in [-0.05, 0) is 67.1 Å². The quantitative estimate of drug-likeness (QED) is 0.398. The molecule has 30 heavy (non-hydrogen) atoms. The van der Waals surface area contributed by atoms with Crippen molar-refractivity contribution in [2.45, 2.75) is 25.7 Å². The van der Waals surface area contributed by atoms with Gasteiger partial charge in [0.2, 0.25) is 0 Å². The van der Waals surface area contributed by atoms with Crippen LogP contribution in [0.15, 0.2) is 72.8 Å². The highest BCUT2D eigenvalue weighted by atomic mass is 16.5. The molecule has 0 fully saturated rings. The lowest BCUT2D eigenvalue weighted by atomic mass is 9.99. The van der Waals surface area contributed by atoms with Crippen LogP contribution in [-0.2, 0) is 12.8 Å². The van der Waals surface area contributed by atoms with Gasteiger partial charge in [0, 0.05) is 5.56 Å². The van der Waals surface area contributed by atoms with Crippen molar-refractivity contribution in [3.63, 3.8) is 0 Å². The van der Waals surface area contributed by atoms with E-state index in [0.29, 0.717) is 18.8 Å². The Labute approximate surface area is 177 Å². The van der Waals surface area contributed by atoms with Gasteiger partial charge in [-0.3, -0.25) is 5.32 Å². The van der Waals surface area contributed by atoms with E-state index in [-0.39, 0.29) is 0 Å². The number of anilines is 1. The maximum absolute atomic E-state index is 11.2. The van der Waals surface area contributed by atoms with Gasteiger partial charge in [0.25, 0.3) is 0 Å². The van der Waals surface area contributed by atoms with Crippen molar-refractivity contribution in [2.75, 3.05) is 18.5 Å². The van der Waals surface area contributed by atoms with E-state index in [0.717, 1.165) is 48.1 Å². The fourth-order valence-electron chi connectivity index (χ4n) is 3.38. The minimum absolute atomic E-state index is 0.611. The van der Waals surface area contributed by atoms with E-state index in [1.54, 1.807) is 0 Å². The molecular weight excluding hydrogens is 376 g/mol. The molecule has 0 aliphatic carbocycles. The van der Waals surface area contributed by atoms with Gasteiger partial charge in [-0.15, -0.1) is 0 Å². The fourth-order valence-corrected chi connectivity index (χ4v) is 3.38. The largest absolute Gasteiger partial charge is 0.494 e. The van der Waals surface area contributed by atoms with Crippen LogP contribution in [0, 0.1) is 0 Å². The van der Waals surface area contributed by atoms with E-state index >= 15 is 0 Å². The van der Waals surface area contributed by atoms with Gasteiger partial charge in [0.1, 0.15) is 5.75 Å². The highest BCUT2D eigenvalue weighted by molar-refractivity contribution is 5.90. The zero-order valence-electron chi connectivity index (χ0n) is 17.0. The molecule has 1 amide bonds. The molecule has 0 aliphatic rings. The maximum atomic E-state index is 11.2. The molecule has 0 unspecified atom stereocenters. The Morgan fingerprint density at radius 2 is 1.63 bits per heavy atom. The predicted molar refractivity (Wildman–Crippen MR) is 121 cm³/mol. The maximum Gasteiger partial charge on any atom is 0.409 e. The lowest BCUT2D eigenvalue weighted by Gasteiger charge is -2.12. The van der Waals surface area contributed by atoms with E-state index in [1.165, 1.54) is 5.56 Å². The van der Waals surface area contributed by atoms with E-state index < -0.39 is 6.09 Å². The molecule has 0 bridgehead atoms. The molecule has 5 nitrogen and oxygen atoms in total. The molecule has 156 valence electrons. The number of aryl methyl sites for hydroxylation is 1. The Morgan fingerprint density at radius 1 is 0.900 bits per heavy atom. The Morgan fingerprint density at radius 3 is 2.33 bits per heavy atom. The normalized spacial score (nSPS) is 10.6. The summed E-state index contributed by atoms with van der Waals surface area (Å²) in [6, 6.07) is 23.8. The Kier molecular flexibility index (Phi) is 7.86. The minimum atomic E-state index is -1.06. The number of carbonyl (C=O) groups is 1. The number of nitrogens with two attached hydrogens (primary N) is 1. The van der Waals surface area contributed by atoms with Gasteiger partial charge in [-0.25, -0.2) is 4.79 Å². The first kappa shape index (κ1) is 21.4. The van der Waals surface area contributed by atoms with Crippen molar-refractivity contribution >= 4 is 11.8 Å². The zero-order valence-corrected chi connectivity index (χ0v) is 17.0.